The van der Waals surface area contributed by atoms with E-state index in [1.807, 2.05) is 13.1 Å². The average molecular weight is 455 g/mol. The number of benzene rings is 3. The second kappa shape index (κ2) is 8.43. The Morgan fingerprint density at radius 2 is 1.78 bits per heavy atom. The van der Waals surface area contributed by atoms with Crippen molar-refractivity contribution in [1.29, 1.82) is 0 Å². The summed E-state index contributed by atoms with van der Waals surface area (Å²) in [5.41, 5.74) is 1.87. The third kappa shape index (κ3) is 4.19. The number of halogens is 2. The first kappa shape index (κ1) is 21.5. The van der Waals surface area contributed by atoms with Crippen molar-refractivity contribution in [3.05, 3.63) is 90.5 Å². The molecule has 0 fully saturated rings. The summed E-state index contributed by atoms with van der Waals surface area (Å²) in [4.78, 5) is 4.04. The van der Waals surface area contributed by atoms with E-state index in [1.54, 1.807) is 35.2 Å². The van der Waals surface area contributed by atoms with Gasteiger partial charge in [0.15, 0.2) is 0 Å². The van der Waals surface area contributed by atoms with E-state index in [1.165, 1.54) is 31.4 Å². The lowest BCUT2D eigenvalue weighted by Gasteiger charge is -2.15. The summed E-state index contributed by atoms with van der Waals surface area (Å²) in [7, 11) is -2.62. The van der Waals surface area contributed by atoms with Crippen LogP contribution in [0.5, 0.6) is 5.75 Å². The molecule has 3 aromatic carbocycles. The van der Waals surface area contributed by atoms with Gasteiger partial charge in [-0.1, -0.05) is 18.2 Å². The summed E-state index contributed by atoms with van der Waals surface area (Å²) in [6, 6.07) is 13.8. The molecule has 0 spiro atoms. The number of sulfonamides is 1. The normalized spacial score (nSPS) is 11.4. The molecule has 9 heteroatoms. The van der Waals surface area contributed by atoms with Crippen molar-refractivity contribution in [1.82, 2.24) is 9.55 Å². The first-order chi connectivity index (χ1) is 15.3. The Bertz CT molecular complexity index is 1400. The summed E-state index contributed by atoms with van der Waals surface area (Å²) in [5, 5.41) is 0. The van der Waals surface area contributed by atoms with Crippen LogP contribution in [0.4, 0.5) is 14.5 Å². The Balaban J connectivity index is 1.72. The first-order valence-corrected chi connectivity index (χ1v) is 11.0. The number of rotatable bonds is 6. The molecule has 0 aliphatic rings. The maximum Gasteiger partial charge on any atom is 0.262 e. The Kier molecular flexibility index (Phi) is 5.67. The monoisotopic (exact) mass is 455 g/mol. The Morgan fingerprint density at radius 3 is 2.47 bits per heavy atom. The van der Waals surface area contributed by atoms with Gasteiger partial charge in [0.1, 0.15) is 17.4 Å². The van der Waals surface area contributed by atoms with Crippen LogP contribution in [0.1, 0.15) is 5.69 Å². The molecule has 6 nitrogen and oxygen atoms in total. The lowest BCUT2D eigenvalue weighted by molar-refractivity contribution is 0.413. The summed E-state index contributed by atoms with van der Waals surface area (Å²) in [5.74, 6) is -1.17. The zero-order valence-corrected chi connectivity index (χ0v) is 18.0. The number of nitrogens with zero attached hydrogens (tertiary/aromatic N) is 2. The zero-order valence-electron chi connectivity index (χ0n) is 17.2. The maximum atomic E-state index is 14.4. The molecule has 1 heterocycles. The van der Waals surface area contributed by atoms with Gasteiger partial charge in [-0.25, -0.2) is 22.2 Å². The summed E-state index contributed by atoms with van der Waals surface area (Å²) < 4.78 is 63.7. The van der Waals surface area contributed by atoms with E-state index in [0.29, 0.717) is 17.5 Å². The largest absolute Gasteiger partial charge is 0.494 e. The molecule has 0 atom stereocenters. The molecule has 1 N–H and O–H groups in total. The van der Waals surface area contributed by atoms with E-state index in [-0.39, 0.29) is 21.7 Å². The number of aryl methyl sites for hydroxylation is 1. The van der Waals surface area contributed by atoms with Crippen molar-refractivity contribution in [3.8, 4) is 22.6 Å². The molecule has 0 aliphatic carbocycles. The molecule has 32 heavy (non-hydrogen) atoms. The molecule has 1 aromatic heterocycles. The lowest BCUT2D eigenvalue weighted by atomic mass is 10.1. The first-order valence-electron chi connectivity index (χ1n) is 9.55. The smallest absolute Gasteiger partial charge is 0.262 e. The highest BCUT2D eigenvalue weighted by molar-refractivity contribution is 7.92. The minimum absolute atomic E-state index is 0.0178. The molecule has 0 amide bonds. The van der Waals surface area contributed by atoms with Crippen LogP contribution < -0.4 is 9.46 Å². The van der Waals surface area contributed by atoms with E-state index in [4.69, 9.17) is 4.74 Å². The predicted octanol–water partition coefficient (Wildman–Crippen LogP) is 4.94. The summed E-state index contributed by atoms with van der Waals surface area (Å²) in [6.07, 6.45) is 3.44. The number of ether oxygens (including phenoxy) is 1. The van der Waals surface area contributed by atoms with Gasteiger partial charge in [0, 0.05) is 29.5 Å². The third-order valence-electron chi connectivity index (χ3n) is 4.82. The van der Waals surface area contributed by atoms with Gasteiger partial charge in [0.05, 0.1) is 35.4 Å². The van der Waals surface area contributed by atoms with Crippen molar-refractivity contribution in [2.75, 3.05) is 11.8 Å². The molecule has 4 aromatic rings. The zero-order chi connectivity index (χ0) is 22.9. The van der Waals surface area contributed by atoms with Crippen LogP contribution in [0, 0.1) is 18.6 Å². The van der Waals surface area contributed by atoms with Crippen molar-refractivity contribution in [2.45, 2.75) is 11.8 Å². The average Bonchev–Trinajstić information content (AvgIpc) is 3.19. The Labute approximate surface area is 184 Å². The fraction of sp³-hybridized carbons (Fsp3) is 0.0870. The maximum absolute atomic E-state index is 14.4. The lowest BCUT2D eigenvalue weighted by Crippen LogP contribution is -2.14. The highest BCUT2D eigenvalue weighted by atomic mass is 32.2. The molecule has 0 saturated carbocycles. The molecule has 0 bridgehead atoms. The van der Waals surface area contributed by atoms with Crippen LogP contribution in [0.2, 0.25) is 0 Å². The summed E-state index contributed by atoms with van der Waals surface area (Å²) in [6.45, 7) is 1.85. The van der Waals surface area contributed by atoms with Gasteiger partial charge in [0.2, 0.25) is 0 Å². The number of nitrogens with one attached hydrogen (secondary N) is 1. The van der Waals surface area contributed by atoms with E-state index in [0.717, 1.165) is 11.8 Å². The molecule has 0 radical (unpaired) electrons. The second-order valence-corrected chi connectivity index (χ2v) is 8.69. The number of anilines is 1. The van der Waals surface area contributed by atoms with Crippen LogP contribution in [0.3, 0.4) is 0 Å². The van der Waals surface area contributed by atoms with Gasteiger partial charge in [-0.3, -0.25) is 4.72 Å². The topological polar surface area (TPSA) is 73.2 Å². The van der Waals surface area contributed by atoms with Gasteiger partial charge in [-0.2, -0.15) is 0 Å². The Morgan fingerprint density at radius 1 is 1.00 bits per heavy atom. The molecular weight excluding hydrogens is 436 g/mol. The number of aromatic nitrogens is 2. The van der Waals surface area contributed by atoms with Gasteiger partial charge < -0.3 is 9.30 Å². The SMILES string of the molecule is COc1cc(NS(=O)(=O)c2ccccc2-c2ccc(F)cc2F)ccc1-n1cnc(C)c1. The number of imidazole rings is 1. The van der Waals surface area contributed by atoms with Crippen LogP contribution >= 0.6 is 0 Å². The highest BCUT2D eigenvalue weighted by Gasteiger charge is 2.22. The third-order valence-corrected chi connectivity index (χ3v) is 6.26. The van der Waals surface area contributed by atoms with E-state index < -0.39 is 21.7 Å². The van der Waals surface area contributed by atoms with Crippen molar-refractivity contribution >= 4 is 15.7 Å². The van der Waals surface area contributed by atoms with Gasteiger partial charge in [0.25, 0.3) is 10.0 Å². The minimum atomic E-state index is -4.10. The highest BCUT2D eigenvalue weighted by Crippen LogP contribution is 2.32. The van der Waals surface area contributed by atoms with Crippen LogP contribution in [0.15, 0.2) is 78.1 Å². The second-order valence-electron chi connectivity index (χ2n) is 7.03. The van der Waals surface area contributed by atoms with Gasteiger partial charge >= 0.3 is 0 Å². The fourth-order valence-electron chi connectivity index (χ4n) is 3.35. The van der Waals surface area contributed by atoms with E-state index in [9.17, 15) is 17.2 Å². The number of hydrogen-bond donors (Lipinski definition) is 1. The standard InChI is InChI=1S/C23H19F2N3O3S/c1-15-13-28(14-26-15)21-10-8-17(12-22(21)31-2)27-32(29,30)23-6-4-3-5-19(23)18-9-7-16(24)11-20(18)25/h3-14,27H,1-2H3. The van der Waals surface area contributed by atoms with Crippen molar-refractivity contribution in [3.63, 3.8) is 0 Å². The van der Waals surface area contributed by atoms with Crippen LogP contribution in [0.25, 0.3) is 16.8 Å². The fourth-order valence-corrected chi connectivity index (χ4v) is 4.62. The number of hydrogen-bond acceptors (Lipinski definition) is 4. The molecule has 0 aliphatic heterocycles. The van der Waals surface area contributed by atoms with Crippen molar-refractivity contribution < 1.29 is 21.9 Å². The quantitative estimate of drug-likeness (QED) is 0.447. The molecule has 0 saturated heterocycles. The van der Waals surface area contributed by atoms with Gasteiger partial charge in [-0.05, 0) is 37.3 Å². The molecule has 4 rings (SSSR count). The molecular formula is C23H19F2N3O3S. The number of methoxy groups -OCH3 is 1. The van der Waals surface area contributed by atoms with Gasteiger partial charge in [-0.15, -0.1) is 0 Å². The van der Waals surface area contributed by atoms with Crippen LogP contribution in [-0.2, 0) is 10.0 Å². The predicted molar refractivity (Wildman–Crippen MR) is 117 cm³/mol. The Hall–Kier alpha value is -3.72. The minimum Gasteiger partial charge on any atom is -0.494 e. The van der Waals surface area contributed by atoms with Crippen molar-refractivity contribution in [2.24, 2.45) is 0 Å². The molecule has 164 valence electrons. The van der Waals surface area contributed by atoms with E-state index in [2.05, 4.69) is 9.71 Å². The van der Waals surface area contributed by atoms with Crippen LogP contribution in [-0.4, -0.2) is 25.1 Å². The van der Waals surface area contributed by atoms with E-state index >= 15 is 0 Å². The molecule has 0 unspecified atom stereocenters. The summed E-state index contributed by atoms with van der Waals surface area (Å²) >= 11 is 0.